The van der Waals surface area contributed by atoms with Crippen molar-refractivity contribution in [3.63, 3.8) is 0 Å². The molecule has 2 amide bonds. The van der Waals surface area contributed by atoms with Gasteiger partial charge in [-0.15, -0.1) is 0 Å². The van der Waals surface area contributed by atoms with Gasteiger partial charge < -0.3 is 4.74 Å². The molecule has 0 fully saturated rings. The number of rotatable bonds is 5. The van der Waals surface area contributed by atoms with Crippen LogP contribution >= 0.6 is 15.9 Å². The standard InChI is InChI=1S/C19H19BrN2O3/c20-15-7-9-16(10-8-15)25-12-19(24)22-21-18(23)11-14-6-5-13-3-1-2-4-17(13)14/h1-4,7-10,14H,5-6,11-12H2,(H,21,23)(H,22,24). The second-order valence-electron chi connectivity index (χ2n) is 5.98. The van der Waals surface area contributed by atoms with E-state index in [0.717, 1.165) is 17.3 Å². The Balaban J connectivity index is 1.40. The van der Waals surface area contributed by atoms with Gasteiger partial charge in [-0.2, -0.15) is 0 Å². The molecule has 0 radical (unpaired) electrons. The molecule has 0 heterocycles. The highest BCUT2D eigenvalue weighted by atomic mass is 79.9. The van der Waals surface area contributed by atoms with Crippen LogP contribution in [0.15, 0.2) is 53.0 Å². The Kier molecular flexibility index (Phi) is 5.71. The van der Waals surface area contributed by atoms with Crippen LogP contribution < -0.4 is 15.6 Å². The second kappa shape index (κ2) is 8.16. The fourth-order valence-corrected chi connectivity index (χ4v) is 3.25. The molecular formula is C19H19BrN2O3. The monoisotopic (exact) mass is 402 g/mol. The van der Waals surface area contributed by atoms with Crippen LogP contribution in [0.2, 0.25) is 0 Å². The van der Waals surface area contributed by atoms with Crippen molar-refractivity contribution < 1.29 is 14.3 Å². The van der Waals surface area contributed by atoms with Gasteiger partial charge in [0, 0.05) is 10.9 Å². The molecule has 0 saturated carbocycles. The minimum Gasteiger partial charge on any atom is -0.484 e. The Morgan fingerprint density at radius 3 is 2.56 bits per heavy atom. The zero-order chi connectivity index (χ0) is 17.6. The van der Waals surface area contributed by atoms with Crippen LogP contribution in [0, 0.1) is 0 Å². The lowest BCUT2D eigenvalue weighted by Crippen LogP contribution is -2.44. The van der Waals surface area contributed by atoms with E-state index in [1.165, 1.54) is 11.1 Å². The van der Waals surface area contributed by atoms with Gasteiger partial charge in [0.25, 0.3) is 5.91 Å². The molecular weight excluding hydrogens is 384 g/mol. The van der Waals surface area contributed by atoms with Gasteiger partial charge in [0.15, 0.2) is 6.61 Å². The van der Waals surface area contributed by atoms with Crippen LogP contribution in [0.4, 0.5) is 0 Å². The Morgan fingerprint density at radius 1 is 1.04 bits per heavy atom. The topological polar surface area (TPSA) is 67.4 Å². The maximum atomic E-state index is 12.1. The molecule has 1 unspecified atom stereocenters. The van der Waals surface area contributed by atoms with E-state index in [1.807, 2.05) is 24.3 Å². The summed E-state index contributed by atoms with van der Waals surface area (Å²) in [6, 6.07) is 15.4. The van der Waals surface area contributed by atoms with Crippen LogP contribution in [0.3, 0.4) is 0 Å². The molecule has 2 aromatic carbocycles. The number of aryl methyl sites for hydroxylation is 1. The predicted octanol–water partition coefficient (Wildman–Crippen LogP) is 3.10. The van der Waals surface area contributed by atoms with Gasteiger partial charge in [0.05, 0.1) is 0 Å². The van der Waals surface area contributed by atoms with E-state index in [2.05, 4.69) is 38.9 Å². The van der Waals surface area contributed by atoms with E-state index in [-0.39, 0.29) is 18.4 Å². The molecule has 0 bridgehead atoms. The van der Waals surface area contributed by atoms with Crippen molar-refractivity contribution in [2.75, 3.05) is 6.61 Å². The summed E-state index contributed by atoms with van der Waals surface area (Å²) >= 11 is 3.33. The van der Waals surface area contributed by atoms with E-state index in [0.29, 0.717) is 12.2 Å². The van der Waals surface area contributed by atoms with Crippen molar-refractivity contribution >= 4 is 27.7 Å². The fraction of sp³-hybridized carbons (Fsp3) is 0.263. The van der Waals surface area contributed by atoms with Gasteiger partial charge in [-0.25, -0.2) is 0 Å². The first-order valence-corrected chi connectivity index (χ1v) is 8.95. The predicted molar refractivity (Wildman–Crippen MR) is 98.0 cm³/mol. The minimum atomic E-state index is -0.400. The third-order valence-corrected chi connectivity index (χ3v) is 4.74. The van der Waals surface area contributed by atoms with Crippen molar-refractivity contribution in [1.82, 2.24) is 10.9 Å². The Bertz CT molecular complexity index is 762. The van der Waals surface area contributed by atoms with Crippen molar-refractivity contribution in [3.05, 3.63) is 64.1 Å². The molecule has 130 valence electrons. The summed E-state index contributed by atoms with van der Waals surface area (Å²) in [7, 11) is 0. The van der Waals surface area contributed by atoms with Crippen molar-refractivity contribution in [1.29, 1.82) is 0 Å². The van der Waals surface area contributed by atoms with Crippen LogP contribution in [-0.4, -0.2) is 18.4 Å². The zero-order valence-electron chi connectivity index (χ0n) is 13.6. The first kappa shape index (κ1) is 17.5. The summed E-state index contributed by atoms with van der Waals surface area (Å²) in [5, 5.41) is 0. The third-order valence-electron chi connectivity index (χ3n) is 4.21. The highest BCUT2D eigenvalue weighted by molar-refractivity contribution is 9.10. The number of ether oxygens (including phenoxy) is 1. The van der Waals surface area contributed by atoms with Crippen molar-refractivity contribution in [2.24, 2.45) is 0 Å². The van der Waals surface area contributed by atoms with Crippen LogP contribution in [-0.2, 0) is 16.0 Å². The summed E-state index contributed by atoms with van der Waals surface area (Å²) in [6.45, 7) is -0.159. The molecule has 25 heavy (non-hydrogen) atoms. The van der Waals surface area contributed by atoms with Crippen molar-refractivity contribution in [3.8, 4) is 5.75 Å². The SMILES string of the molecule is O=C(COc1ccc(Br)cc1)NNC(=O)CC1CCc2ccccc21. The highest BCUT2D eigenvalue weighted by Crippen LogP contribution is 2.34. The average molecular weight is 403 g/mol. The Hall–Kier alpha value is -2.34. The number of hydrogen-bond acceptors (Lipinski definition) is 3. The first-order chi connectivity index (χ1) is 12.1. The normalized spacial score (nSPS) is 15.3. The quantitative estimate of drug-likeness (QED) is 0.755. The second-order valence-corrected chi connectivity index (χ2v) is 6.89. The number of amides is 2. The number of hydrogen-bond donors (Lipinski definition) is 2. The third kappa shape index (κ3) is 4.82. The molecule has 2 N–H and O–H groups in total. The molecule has 0 spiro atoms. The maximum absolute atomic E-state index is 12.1. The molecule has 0 aliphatic heterocycles. The molecule has 1 aliphatic rings. The lowest BCUT2D eigenvalue weighted by Gasteiger charge is -2.12. The van der Waals surface area contributed by atoms with Crippen LogP contribution in [0.25, 0.3) is 0 Å². The summed E-state index contributed by atoms with van der Waals surface area (Å²) in [5.74, 6) is 0.209. The van der Waals surface area contributed by atoms with Gasteiger partial charge in [-0.05, 0) is 54.2 Å². The molecule has 1 aliphatic carbocycles. The van der Waals surface area contributed by atoms with Gasteiger partial charge in [-0.1, -0.05) is 40.2 Å². The molecule has 5 nitrogen and oxygen atoms in total. The minimum absolute atomic E-state index is 0.159. The zero-order valence-corrected chi connectivity index (χ0v) is 15.2. The van der Waals surface area contributed by atoms with E-state index < -0.39 is 5.91 Å². The number of halogens is 1. The Labute approximate surface area is 154 Å². The summed E-state index contributed by atoms with van der Waals surface area (Å²) < 4.78 is 6.29. The van der Waals surface area contributed by atoms with Crippen molar-refractivity contribution in [2.45, 2.75) is 25.2 Å². The first-order valence-electron chi connectivity index (χ1n) is 8.15. The van der Waals surface area contributed by atoms with Gasteiger partial charge in [-0.3, -0.25) is 20.4 Å². The van der Waals surface area contributed by atoms with Gasteiger partial charge in [0.1, 0.15) is 5.75 Å². The molecule has 2 aromatic rings. The summed E-state index contributed by atoms with van der Waals surface area (Å²) in [5.41, 5.74) is 7.40. The van der Waals surface area contributed by atoms with E-state index >= 15 is 0 Å². The number of carbonyl (C=O) groups excluding carboxylic acids is 2. The summed E-state index contributed by atoms with van der Waals surface area (Å²) in [4.78, 5) is 23.8. The van der Waals surface area contributed by atoms with Crippen LogP contribution in [0.1, 0.15) is 29.9 Å². The smallest absolute Gasteiger partial charge is 0.276 e. The van der Waals surface area contributed by atoms with E-state index in [1.54, 1.807) is 12.1 Å². The molecule has 6 heteroatoms. The maximum Gasteiger partial charge on any atom is 0.276 e. The van der Waals surface area contributed by atoms with E-state index in [4.69, 9.17) is 4.74 Å². The fourth-order valence-electron chi connectivity index (χ4n) is 2.99. The summed E-state index contributed by atoms with van der Waals surface area (Å²) in [6.07, 6.45) is 2.33. The molecule has 1 atom stereocenters. The number of hydrazine groups is 1. The van der Waals surface area contributed by atoms with Gasteiger partial charge in [0.2, 0.25) is 5.91 Å². The number of carbonyl (C=O) groups is 2. The Morgan fingerprint density at radius 2 is 1.76 bits per heavy atom. The molecule has 3 rings (SSSR count). The average Bonchev–Trinajstić information content (AvgIpc) is 3.02. The van der Waals surface area contributed by atoms with Crippen LogP contribution in [0.5, 0.6) is 5.75 Å². The highest BCUT2D eigenvalue weighted by Gasteiger charge is 2.24. The number of fused-ring (bicyclic) bond motifs is 1. The lowest BCUT2D eigenvalue weighted by molar-refractivity contribution is -0.130. The molecule has 0 aromatic heterocycles. The van der Waals surface area contributed by atoms with E-state index in [9.17, 15) is 9.59 Å². The lowest BCUT2D eigenvalue weighted by atomic mass is 9.98. The van der Waals surface area contributed by atoms with Gasteiger partial charge >= 0.3 is 0 Å². The number of nitrogens with one attached hydrogen (secondary N) is 2. The number of benzene rings is 2. The molecule has 0 saturated heterocycles. The largest absolute Gasteiger partial charge is 0.484 e.